The molecular weight excluding hydrogens is 467 g/mol. The zero-order chi connectivity index (χ0) is 18.4. The quantitative estimate of drug-likeness (QED) is 0.298. The zero-order valence-corrected chi connectivity index (χ0v) is 15.4. The minimum Gasteiger partial charge on any atom is -0.404 e. The van der Waals surface area contributed by atoms with Crippen molar-refractivity contribution in [3.63, 3.8) is 0 Å². The lowest BCUT2D eigenvalue weighted by atomic mass is 10.1. The van der Waals surface area contributed by atoms with Crippen LogP contribution in [0.15, 0.2) is 47.5 Å². The van der Waals surface area contributed by atoms with Crippen molar-refractivity contribution < 1.29 is 22.3 Å². The molecule has 2 aromatic carbocycles. The molecule has 0 amide bonds. The number of aliphatic imine (C=N–C) groups is 1. The summed E-state index contributed by atoms with van der Waals surface area (Å²) in [4.78, 5) is 3.86. The second-order valence-electron chi connectivity index (χ2n) is 4.79. The highest BCUT2D eigenvalue weighted by atomic mass is 127. The third kappa shape index (κ3) is 6.40. The lowest BCUT2D eigenvalue weighted by Crippen LogP contribution is -2.24. The van der Waals surface area contributed by atoms with Crippen LogP contribution in [-0.4, -0.2) is 12.3 Å². The topological polar surface area (TPSA) is 83.4 Å². The molecule has 0 atom stereocenters. The monoisotopic (exact) mass is 480 g/mol. The number of nitrogens with zero attached hydrogens (tertiary/aromatic N) is 2. The Kier molecular flexibility index (Phi) is 7.63. The minimum atomic E-state index is -4.86. The molecule has 138 valence electrons. The molecule has 0 aliphatic rings. The summed E-state index contributed by atoms with van der Waals surface area (Å²) in [5.41, 5.74) is 5.95. The van der Waals surface area contributed by atoms with E-state index in [-0.39, 0.29) is 53.3 Å². The molecule has 0 radical (unpaired) electrons. The van der Waals surface area contributed by atoms with Gasteiger partial charge >= 0.3 is 6.36 Å². The Bertz CT molecular complexity index is 834. The summed E-state index contributed by atoms with van der Waals surface area (Å²) in [5, 5.41) is 11.3. The molecule has 0 fully saturated rings. The van der Waals surface area contributed by atoms with Crippen molar-refractivity contribution in [2.24, 2.45) is 10.7 Å². The summed E-state index contributed by atoms with van der Waals surface area (Å²) >= 11 is 0. The van der Waals surface area contributed by atoms with E-state index in [0.717, 1.165) is 12.1 Å². The molecule has 0 aromatic heterocycles. The second-order valence-corrected chi connectivity index (χ2v) is 4.79. The molecule has 0 aliphatic carbocycles. The van der Waals surface area contributed by atoms with E-state index in [1.807, 2.05) is 6.07 Å². The van der Waals surface area contributed by atoms with Crippen molar-refractivity contribution in [3.8, 4) is 11.8 Å². The van der Waals surface area contributed by atoms with Gasteiger partial charge in [-0.25, -0.2) is 9.38 Å². The van der Waals surface area contributed by atoms with Gasteiger partial charge in [-0.05, 0) is 30.3 Å². The maximum absolute atomic E-state index is 13.6. The minimum absolute atomic E-state index is 0. The molecule has 0 saturated heterocycles. The molecule has 2 rings (SSSR count). The van der Waals surface area contributed by atoms with Gasteiger partial charge in [0.2, 0.25) is 0 Å². The first-order valence-corrected chi connectivity index (χ1v) is 6.89. The van der Waals surface area contributed by atoms with Crippen molar-refractivity contribution in [2.45, 2.75) is 12.9 Å². The smallest absolute Gasteiger partial charge is 0.404 e. The molecule has 0 unspecified atom stereocenters. The lowest BCUT2D eigenvalue weighted by molar-refractivity contribution is -0.274. The number of nitrogens with two attached hydrogens (primary N) is 1. The number of guanidine groups is 1. The van der Waals surface area contributed by atoms with Gasteiger partial charge in [-0.1, -0.05) is 12.1 Å². The van der Waals surface area contributed by atoms with E-state index < -0.39 is 17.9 Å². The number of anilines is 1. The van der Waals surface area contributed by atoms with Gasteiger partial charge in [0.15, 0.2) is 11.7 Å². The SMILES string of the molecule is I.N#Cc1ccc(F)c(CN=C(N)Nc2ccccc2OC(F)(F)F)c1. The number of rotatable bonds is 4. The Morgan fingerprint density at radius 2 is 1.92 bits per heavy atom. The average Bonchev–Trinajstić information content (AvgIpc) is 2.54. The number of para-hydroxylation sites is 2. The molecule has 0 bridgehead atoms. The first-order chi connectivity index (χ1) is 11.8. The van der Waals surface area contributed by atoms with Gasteiger partial charge in [0.1, 0.15) is 5.82 Å². The van der Waals surface area contributed by atoms with Crippen LogP contribution in [0, 0.1) is 17.1 Å². The second kappa shape index (κ2) is 9.23. The van der Waals surface area contributed by atoms with E-state index in [2.05, 4.69) is 15.0 Å². The van der Waals surface area contributed by atoms with Crippen LogP contribution in [0.2, 0.25) is 0 Å². The number of halogens is 5. The van der Waals surface area contributed by atoms with Gasteiger partial charge in [-0.2, -0.15) is 5.26 Å². The highest BCUT2D eigenvalue weighted by Gasteiger charge is 2.32. The van der Waals surface area contributed by atoms with Crippen LogP contribution >= 0.6 is 24.0 Å². The van der Waals surface area contributed by atoms with E-state index in [1.165, 1.54) is 30.3 Å². The van der Waals surface area contributed by atoms with Gasteiger partial charge in [0, 0.05) is 5.56 Å². The van der Waals surface area contributed by atoms with Gasteiger partial charge in [-0.3, -0.25) is 0 Å². The van der Waals surface area contributed by atoms with Gasteiger partial charge in [0.05, 0.1) is 23.9 Å². The van der Waals surface area contributed by atoms with Crippen LogP contribution in [0.4, 0.5) is 23.2 Å². The molecule has 26 heavy (non-hydrogen) atoms. The third-order valence-electron chi connectivity index (χ3n) is 2.97. The molecule has 0 saturated carbocycles. The standard InChI is InChI=1S/C16H12F4N4O.HI/c17-12-6-5-10(8-21)7-11(12)9-23-15(22)24-13-3-1-2-4-14(13)25-16(18,19)20;/h1-7H,9H2,(H3,22,23,24);1H. The Morgan fingerprint density at radius 3 is 2.58 bits per heavy atom. The summed E-state index contributed by atoms with van der Waals surface area (Å²) in [6, 6.07) is 10.9. The lowest BCUT2D eigenvalue weighted by Gasteiger charge is -2.14. The molecule has 2 aromatic rings. The normalized spacial score (nSPS) is 11.3. The molecule has 10 heteroatoms. The first kappa shape index (κ1) is 21.5. The Morgan fingerprint density at radius 1 is 1.23 bits per heavy atom. The number of hydrogen-bond acceptors (Lipinski definition) is 3. The number of ether oxygens (including phenoxy) is 1. The first-order valence-electron chi connectivity index (χ1n) is 6.89. The predicted octanol–water partition coefficient (Wildman–Crippen LogP) is 4.14. The number of hydrogen-bond donors (Lipinski definition) is 2. The molecule has 3 N–H and O–H groups in total. The van der Waals surface area contributed by atoms with Crippen molar-refractivity contribution in [1.82, 2.24) is 0 Å². The van der Waals surface area contributed by atoms with Crippen LogP contribution in [-0.2, 0) is 6.54 Å². The van der Waals surface area contributed by atoms with E-state index >= 15 is 0 Å². The molecule has 0 aliphatic heterocycles. The van der Waals surface area contributed by atoms with Crippen LogP contribution in [0.3, 0.4) is 0 Å². The van der Waals surface area contributed by atoms with Gasteiger partial charge in [-0.15, -0.1) is 37.1 Å². The third-order valence-corrected chi connectivity index (χ3v) is 2.97. The van der Waals surface area contributed by atoms with Gasteiger partial charge < -0.3 is 15.8 Å². The summed E-state index contributed by atoms with van der Waals surface area (Å²) in [5.74, 6) is -1.29. The number of alkyl halides is 3. The maximum Gasteiger partial charge on any atom is 0.573 e. The fraction of sp³-hybridized carbons (Fsp3) is 0.125. The summed E-state index contributed by atoms with van der Waals surface area (Å²) < 4.78 is 54.6. The predicted molar refractivity (Wildman–Crippen MR) is 98.6 cm³/mol. The van der Waals surface area contributed by atoms with E-state index in [0.29, 0.717) is 0 Å². The van der Waals surface area contributed by atoms with Crippen LogP contribution in [0.25, 0.3) is 0 Å². The summed E-state index contributed by atoms with van der Waals surface area (Å²) in [7, 11) is 0. The number of benzene rings is 2. The highest BCUT2D eigenvalue weighted by Crippen LogP contribution is 2.29. The Balaban J connectivity index is 0.00000338. The van der Waals surface area contributed by atoms with Crippen molar-refractivity contribution in [3.05, 3.63) is 59.4 Å². The van der Waals surface area contributed by atoms with E-state index in [1.54, 1.807) is 0 Å². The van der Waals surface area contributed by atoms with Crippen LogP contribution in [0.1, 0.15) is 11.1 Å². The van der Waals surface area contributed by atoms with Crippen LogP contribution in [0.5, 0.6) is 5.75 Å². The molecular formula is C16H13F4IN4O. The van der Waals surface area contributed by atoms with Crippen molar-refractivity contribution >= 4 is 35.6 Å². The van der Waals surface area contributed by atoms with Crippen LogP contribution < -0.4 is 15.8 Å². The fourth-order valence-corrected chi connectivity index (χ4v) is 1.90. The Hall–Kier alpha value is -2.55. The van der Waals surface area contributed by atoms with Gasteiger partial charge in [0.25, 0.3) is 0 Å². The molecule has 0 heterocycles. The summed E-state index contributed by atoms with van der Waals surface area (Å²) in [6.07, 6.45) is -4.86. The zero-order valence-electron chi connectivity index (χ0n) is 13.0. The van der Waals surface area contributed by atoms with E-state index in [4.69, 9.17) is 11.0 Å². The van der Waals surface area contributed by atoms with Crippen molar-refractivity contribution in [2.75, 3.05) is 5.32 Å². The number of nitriles is 1. The Labute approximate surface area is 163 Å². The van der Waals surface area contributed by atoms with Crippen molar-refractivity contribution in [1.29, 1.82) is 5.26 Å². The fourth-order valence-electron chi connectivity index (χ4n) is 1.90. The highest BCUT2D eigenvalue weighted by molar-refractivity contribution is 14.0. The average molecular weight is 480 g/mol. The largest absolute Gasteiger partial charge is 0.573 e. The molecule has 0 spiro atoms. The molecule has 5 nitrogen and oxygen atoms in total. The van der Waals surface area contributed by atoms with E-state index in [9.17, 15) is 17.6 Å². The maximum atomic E-state index is 13.6. The number of nitrogens with one attached hydrogen (secondary N) is 1. The summed E-state index contributed by atoms with van der Waals surface area (Å²) in [6.45, 7) is -0.192.